The highest BCUT2D eigenvalue weighted by molar-refractivity contribution is 5.79. The Morgan fingerprint density at radius 2 is 2.19 bits per heavy atom. The van der Waals surface area contributed by atoms with E-state index >= 15 is 0 Å². The predicted molar refractivity (Wildman–Crippen MR) is 104 cm³/mol. The lowest BCUT2D eigenvalue weighted by molar-refractivity contribution is -0.126. The van der Waals surface area contributed by atoms with E-state index in [1.807, 2.05) is 4.90 Å². The van der Waals surface area contributed by atoms with Gasteiger partial charge in [-0.2, -0.15) is 24.1 Å². The Labute approximate surface area is 177 Å². The van der Waals surface area contributed by atoms with Crippen molar-refractivity contribution in [3.8, 4) is 17.9 Å². The number of fused-ring (bicyclic) bond motifs is 3. The van der Waals surface area contributed by atoms with Gasteiger partial charge in [0, 0.05) is 24.2 Å². The largest absolute Gasteiger partial charge is 0.417 e. The summed E-state index contributed by atoms with van der Waals surface area (Å²) in [6, 6.07) is 5.02. The van der Waals surface area contributed by atoms with Gasteiger partial charge in [0.05, 0.1) is 17.8 Å². The van der Waals surface area contributed by atoms with E-state index in [0.717, 1.165) is 30.5 Å². The maximum Gasteiger partial charge on any atom is 0.388 e. The van der Waals surface area contributed by atoms with Crippen molar-refractivity contribution in [3.63, 3.8) is 0 Å². The van der Waals surface area contributed by atoms with Crippen LogP contribution in [-0.2, 0) is 17.6 Å². The number of aromatic nitrogens is 3. The fraction of sp³-hybridized carbons (Fsp3) is 0.524. The number of hydrogen-bond acceptors (Lipinski definition) is 6. The molecule has 1 aliphatic carbocycles. The third kappa shape index (κ3) is 3.69. The summed E-state index contributed by atoms with van der Waals surface area (Å²) in [5, 5.41) is 17.0. The van der Waals surface area contributed by atoms with Gasteiger partial charge in [-0.15, -0.1) is 0 Å². The summed E-state index contributed by atoms with van der Waals surface area (Å²) in [6.07, 6.45) is 8.80. The van der Waals surface area contributed by atoms with Gasteiger partial charge in [-0.05, 0) is 50.2 Å². The molecule has 1 N–H and O–H groups in total. The van der Waals surface area contributed by atoms with Gasteiger partial charge in [0.15, 0.2) is 12.0 Å². The molecule has 0 radical (unpaired) electrons. The zero-order chi connectivity index (χ0) is 21.5. The number of amides is 1. The molecule has 31 heavy (non-hydrogen) atoms. The number of carbonyl (C=O) groups is 1. The molecule has 2 aromatic heterocycles. The van der Waals surface area contributed by atoms with Crippen molar-refractivity contribution in [2.75, 3.05) is 0 Å². The van der Waals surface area contributed by atoms with Crippen molar-refractivity contribution in [1.29, 1.82) is 5.26 Å². The number of nitrogens with one attached hydrogen (secondary N) is 1. The third-order valence-electron chi connectivity index (χ3n) is 6.58. The molecular weight excluding hydrogens is 406 g/mol. The van der Waals surface area contributed by atoms with Gasteiger partial charge in [-0.25, -0.2) is 4.68 Å². The fourth-order valence-corrected chi connectivity index (χ4v) is 5.13. The summed E-state index contributed by atoms with van der Waals surface area (Å²) in [5.41, 5.74) is 1.85. The van der Waals surface area contributed by atoms with E-state index < -0.39 is 6.61 Å². The van der Waals surface area contributed by atoms with Crippen LogP contribution in [0.1, 0.15) is 36.9 Å². The molecule has 5 rings (SSSR count). The molecule has 2 fully saturated rings. The van der Waals surface area contributed by atoms with Gasteiger partial charge in [0.2, 0.25) is 11.8 Å². The first-order valence-electron chi connectivity index (χ1n) is 10.5. The number of alkyl halides is 2. The first kappa shape index (κ1) is 19.7. The highest BCUT2D eigenvalue weighted by Gasteiger charge is 2.47. The fourth-order valence-electron chi connectivity index (χ4n) is 5.13. The van der Waals surface area contributed by atoms with Gasteiger partial charge < -0.3 is 15.0 Å². The van der Waals surface area contributed by atoms with Crippen LogP contribution in [0, 0.1) is 17.4 Å². The highest BCUT2D eigenvalue weighted by Crippen LogP contribution is 2.37. The van der Waals surface area contributed by atoms with Gasteiger partial charge in [0.1, 0.15) is 0 Å². The van der Waals surface area contributed by atoms with Crippen molar-refractivity contribution >= 4 is 5.91 Å². The lowest BCUT2D eigenvalue weighted by Crippen LogP contribution is -2.46. The molecule has 2 bridgehead atoms. The standard InChI is InChI=1S/C21H22F2N6O2/c22-21(23)31-19-3-1-2-18(26-19)29-10-13-8-12(4-6-15(13)27-29)20(30)25-16-9-14-5-7-17(16)28(14)11-24/h1-3,10,12,14,16-17,21H,4-9H2,(H,25,30)/t12-,14+,16-,17-/m1/s1. The third-order valence-corrected chi connectivity index (χ3v) is 6.58. The number of nitriles is 1. The van der Waals surface area contributed by atoms with E-state index in [1.165, 1.54) is 6.07 Å². The Balaban J connectivity index is 1.26. The van der Waals surface area contributed by atoms with Crippen LogP contribution < -0.4 is 10.1 Å². The second kappa shape index (κ2) is 7.80. The zero-order valence-corrected chi connectivity index (χ0v) is 16.7. The predicted octanol–water partition coefficient (Wildman–Crippen LogP) is 2.18. The van der Waals surface area contributed by atoms with Crippen LogP contribution in [0.25, 0.3) is 5.82 Å². The quantitative estimate of drug-likeness (QED) is 0.734. The van der Waals surface area contributed by atoms with E-state index in [1.54, 1.807) is 23.0 Å². The topological polar surface area (TPSA) is 96.1 Å². The van der Waals surface area contributed by atoms with E-state index in [9.17, 15) is 18.8 Å². The summed E-state index contributed by atoms with van der Waals surface area (Å²) >= 11 is 0. The molecule has 0 aromatic carbocycles. The van der Waals surface area contributed by atoms with E-state index in [-0.39, 0.29) is 35.8 Å². The Morgan fingerprint density at radius 3 is 2.97 bits per heavy atom. The van der Waals surface area contributed by atoms with Gasteiger partial charge in [-0.1, -0.05) is 6.07 Å². The Bertz CT molecular complexity index is 1040. The molecule has 2 saturated heterocycles. The molecule has 2 aromatic rings. The maximum atomic E-state index is 12.9. The van der Waals surface area contributed by atoms with Crippen LogP contribution in [0.2, 0.25) is 0 Å². The molecule has 8 nitrogen and oxygen atoms in total. The Kier molecular flexibility index (Phi) is 4.96. The molecule has 1 amide bonds. The number of halogens is 2. The summed E-state index contributed by atoms with van der Waals surface area (Å²) in [4.78, 5) is 18.8. The van der Waals surface area contributed by atoms with Crippen LogP contribution in [0.15, 0.2) is 24.4 Å². The van der Waals surface area contributed by atoms with E-state index in [0.29, 0.717) is 25.1 Å². The van der Waals surface area contributed by atoms with Crippen molar-refractivity contribution in [3.05, 3.63) is 35.7 Å². The summed E-state index contributed by atoms with van der Waals surface area (Å²) in [5.74, 6) is 0.0863. The second-order valence-corrected chi connectivity index (χ2v) is 8.35. The molecule has 162 valence electrons. The molecule has 3 aliphatic rings. The molecule has 10 heteroatoms. The lowest BCUT2D eigenvalue weighted by Gasteiger charge is -2.26. The Hall–Kier alpha value is -3.22. The van der Waals surface area contributed by atoms with Crippen LogP contribution in [0.4, 0.5) is 8.78 Å². The molecule has 4 atom stereocenters. The van der Waals surface area contributed by atoms with Crippen LogP contribution >= 0.6 is 0 Å². The number of ether oxygens (including phenoxy) is 1. The van der Waals surface area contributed by atoms with Gasteiger partial charge >= 0.3 is 6.61 Å². The van der Waals surface area contributed by atoms with Crippen molar-refractivity contribution in [1.82, 2.24) is 25.0 Å². The number of hydrogen-bond donors (Lipinski definition) is 1. The summed E-state index contributed by atoms with van der Waals surface area (Å²) < 4.78 is 30.8. The SMILES string of the molecule is N#CN1[C@H]2CC[C@@H]1[C@H](NC(=O)[C@@H]1CCc3nn(-c4cccc(OC(F)F)n4)cc3C1)C2. The number of aryl methyl sites for hydroxylation is 1. The second-order valence-electron chi connectivity index (χ2n) is 8.35. The minimum Gasteiger partial charge on any atom is -0.417 e. The molecule has 0 saturated carbocycles. The average molecular weight is 428 g/mol. The van der Waals surface area contributed by atoms with Crippen molar-refractivity contribution < 1.29 is 18.3 Å². The molecular formula is C21H22F2N6O2. The first-order valence-corrected chi connectivity index (χ1v) is 10.5. The smallest absolute Gasteiger partial charge is 0.388 e. The number of carbonyl (C=O) groups excluding carboxylic acids is 1. The first-order chi connectivity index (χ1) is 15.0. The summed E-state index contributed by atoms with van der Waals surface area (Å²) in [6.45, 7) is -2.94. The lowest BCUT2D eigenvalue weighted by atomic mass is 9.86. The molecule has 0 unspecified atom stereocenters. The minimum atomic E-state index is -2.94. The van der Waals surface area contributed by atoms with Crippen molar-refractivity contribution in [2.45, 2.75) is 63.3 Å². The van der Waals surface area contributed by atoms with Crippen LogP contribution in [-0.4, -0.2) is 50.3 Å². The number of pyridine rings is 1. The molecule has 4 heterocycles. The van der Waals surface area contributed by atoms with E-state index in [4.69, 9.17) is 0 Å². The average Bonchev–Trinajstić information content (AvgIpc) is 3.44. The monoisotopic (exact) mass is 428 g/mol. The van der Waals surface area contributed by atoms with Crippen molar-refractivity contribution in [2.24, 2.45) is 5.92 Å². The minimum absolute atomic E-state index is 0.0271. The maximum absolute atomic E-state index is 12.9. The normalized spacial score (nSPS) is 26.6. The van der Waals surface area contributed by atoms with E-state index in [2.05, 4.69) is 26.3 Å². The van der Waals surface area contributed by atoms with Crippen LogP contribution in [0.3, 0.4) is 0 Å². The van der Waals surface area contributed by atoms with Gasteiger partial charge in [-0.3, -0.25) is 4.79 Å². The van der Waals surface area contributed by atoms with Gasteiger partial charge in [0.25, 0.3) is 0 Å². The number of rotatable bonds is 5. The summed E-state index contributed by atoms with van der Waals surface area (Å²) in [7, 11) is 0. The highest BCUT2D eigenvalue weighted by atomic mass is 19.3. The Morgan fingerprint density at radius 1 is 1.32 bits per heavy atom. The zero-order valence-electron chi connectivity index (χ0n) is 16.7. The van der Waals surface area contributed by atoms with Crippen LogP contribution in [0.5, 0.6) is 5.88 Å². The number of nitrogens with zero attached hydrogens (tertiary/aromatic N) is 5. The molecule has 0 spiro atoms. The molecule has 2 aliphatic heterocycles.